The van der Waals surface area contributed by atoms with Crippen LogP contribution in [0.15, 0.2) is 83.5 Å². The summed E-state index contributed by atoms with van der Waals surface area (Å²) in [5.41, 5.74) is 2.87. The lowest BCUT2D eigenvalue weighted by molar-refractivity contribution is -0.137. The van der Waals surface area contributed by atoms with Crippen molar-refractivity contribution in [2.24, 2.45) is 11.3 Å². The van der Waals surface area contributed by atoms with Crippen LogP contribution in [0.3, 0.4) is 0 Å². The van der Waals surface area contributed by atoms with E-state index in [2.05, 4.69) is 4.90 Å². The summed E-state index contributed by atoms with van der Waals surface area (Å²) in [6, 6.07) is 21.8. The maximum atomic E-state index is 14.4. The van der Waals surface area contributed by atoms with Gasteiger partial charge in [0, 0.05) is 25.6 Å². The van der Waals surface area contributed by atoms with Crippen LogP contribution in [0.1, 0.15) is 53.2 Å². The molecule has 0 aliphatic carbocycles. The molecule has 3 aromatic carbocycles. The zero-order chi connectivity index (χ0) is 38.4. The first-order valence-electron chi connectivity index (χ1n) is 19.0. The van der Waals surface area contributed by atoms with Gasteiger partial charge in [0.05, 0.1) is 50.6 Å². The fourth-order valence-electron chi connectivity index (χ4n) is 8.15. The van der Waals surface area contributed by atoms with Gasteiger partial charge in [-0.05, 0) is 111 Å². The molecule has 2 aliphatic rings. The lowest BCUT2D eigenvalue weighted by Gasteiger charge is -2.35. The van der Waals surface area contributed by atoms with E-state index in [-0.39, 0.29) is 23.4 Å². The molecule has 2 aliphatic heterocycles. The third kappa shape index (κ3) is 8.40. The second-order valence-electron chi connectivity index (χ2n) is 14.5. The van der Waals surface area contributed by atoms with Crippen LogP contribution in [0.25, 0.3) is 11.0 Å². The first-order valence-corrected chi connectivity index (χ1v) is 19.0. The van der Waals surface area contributed by atoms with Gasteiger partial charge in [0.25, 0.3) is 0 Å². The van der Waals surface area contributed by atoms with E-state index in [4.69, 9.17) is 28.3 Å². The Labute approximate surface area is 320 Å². The van der Waals surface area contributed by atoms with Crippen LogP contribution in [-0.2, 0) is 35.6 Å². The Morgan fingerprint density at radius 1 is 0.909 bits per heavy atom. The van der Waals surface area contributed by atoms with Crippen molar-refractivity contribution in [3.63, 3.8) is 0 Å². The summed E-state index contributed by atoms with van der Waals surface area (Å²) in [6.07, 6.45) is 4.91. The highest BCUT2D eigenvalue weighted by molar-refractivity contribution is 5.98. The Kier molecular flexibility index (Phi) is 11.8. The zero-order valence-corrected chi connectivity index (χ0v) is 31.8. The number of para-hydroxylation sites is 2. The van der Waals surface area contributed by atoms with Crippen LogP contribution in [-0.4, -0.2) is 85.2 Å². The number of furan rings is 1. The number of hydrogen-bond donors (Lipinski definition) is 0. The summed E-state index contributed by atoms with van der Waals surface area (Å²) in [5.74, 6) is 2.50. The number of aromatic nitrogens is 2. The number of benzene rings is 3. The molecule has 12 heteroatoms. The third-order valence-corrected chi connectivity index (χ3v) is 11.2. The first-order chi connectivity index (χ1) is 26.8. The molecule has 0 N–H and O–H groups in total. The second-order valence-corrected chi connectivity index (χ2v) is 14.5. The summed E-state index contributed by atoms with van der Waals surface area (Å²) in [6.45, 7) is 4.50. The van der Waals surface area contributed by atoms with Crippen molar-refractivity contribution in [3.8, 4) is 17.2 Å². The number of ether oxygens (including phenoxy) is 4. The number of halogens is 1. The molecule has 0 saturated carbocycles. The molecule has 1 atom stereocenters. The van der Waals surface area contributed by atoms with E-state index >= 15 is 0 Å². The van der Waals surface area contributed by atoms with Crippen LogP contribution in [0.2, 0.25) is 0 Å². The minimum Gasteiger partial charge on any atom is -0.493 e. The molecule has 1 amide bonds. The molecule has 0 bridgehead atoms. The number of fused-ring (bicyclic) bond motifs is 1. The van der Waals surface area contributed by atoms with Crippen LogP contribution >= 0.6 is 0 Å². The summed E-state index contributed by atoms with van der Waals surface area (Å²) in [7, 11) is 4.72. The molecular weight excluding hydrogens is 703 g/mol. The Morgan fingerprint density at radius 3 is 2.35 bits per heavy atom. The van der Waals surface area contributed by atoms with E-state index in [0.29, 0.717) is 88.0 Å². The first kappa shape index (κ1) is 38.1. The molecule has 2 fully saturated rings. The molecule has 11 nitrogen and oxygen atoms in total. The highest BCUT2D eigenvalue weighted by Crippen LogP contribution is 2.42. The fraction of sp³-hybridized carbons (Fsp3) is 0.419. The Hall–Kier alpha value is -5.20. The topological polar surface area (TPSA) is 108 Å². The largest absolute Gasteiger partial charge is 0.493 e. The number of imidazole rings is 1. The van der Waals surface area contributed by atoms with Crippen LogP contribution in [0.4, 0.5) is 4.39 Å². The molecule has 55 heavy (non-hydrogen) atoms. The van der Waals surface area contributed by atoms with Gasteiger partial charge in [0.2, 0.25) is 17.4 Å². The van der Waals surface area contributed by atoms with Gasteiger partial charge in [-0.2, -0.15) is 0 Å². The Morgan fingerprint density at radius 2 is 1.65 bits per heavy atom. The molecule has 5 aromatic rings. The lowest BCUT2D eigenvalue weighted by Crippen LogP contribution is -2.42. The number of carbonyl (C=O) groups is 2. The molecular formula is C43H49FN4O7. The van der Waals surface area contributed by atoms with E-state index in [1.54, 1.807) is 39.7 Å². The number of rotatable bonds is 17. The molecule has 290 valence electrons. The molecule has 7 rings (SSSR count). The average molecular weight is 753 g/mol. The van der Waals surface area contributed by atoms with E-state index in [9.17, 15) is 14.0 Å². The molecule has 4 heterocycles. The quantitative estimate of drug-likeness (QED) is 0.0736. The Balaban J connectivity index is 1.01. The predicted octanol–water partition coefficient (Wildman–Crippen LogP) is 6.96. The lowest BCUT2D eigenvalue weighted by atomic mass is 9.77. The van der Waals surface area contributed by atoms with Crippen molar-refractivity contribution in [1.29, 1.82) is 0 Å². The maximum Gasteiger partial charge on any atom is 0.229 e. The second kappa shape index (κ2) is 17.1. The van der Waals surface area contributed by atoms with Gasteiger partial charge >= 0.3 is 0 Å². The minimum absolute atomic E-state index is 0.0584. The number of Topliss-reactive ketones (excluding diaryl/α,β-unsaturated/α-hetero) is 1. The fourth-order valence-corrected chi connectivity index (χ4v) is 8.15. The molecule has 2 saturated heterocycles. The van der Waals surface area contributed by atoms with Crippen molar-refractivity contribution >= 4 is 22.7 Å². The van der Waals surface area contributed by atoms with E-state index in [1.165, 1.54) is 12.1 Å². The van der Waals surface area contributed by atoms with Crippen LogP contribution in [0, 0.1) is 17.2 Å². The summed E-state index contributed by atoms with van der Waals surface area (Å²) in [4.78, 5) is 37.6. The predicted molar refractivity (Wildman–Crippen MR) is 205 cm³/mol. The van der Waals surface area contributed by atoms with Gasteiger partial charge in [-0.15, -0.1) is 0 Å². The number of piperidine rings is 1. The van der Waals surface area contributed by atoms with Crippen LogP contribution < -0.4 is 14.2 Å². The molecule has 0 radical (unpaired) electrons. The summed E-state index contributed by atoms with van der Waals surface area (Å²) in [5, 5.41) is 0. The SMILES string of the molecule is COc1cc(CN2CCC(CCN3CCC(C(=O)c4nc5ccccc5n4CCOCc4ccco4)CC3)(Cc3ccc(F)cc3)C2=O)cc(OC)c1OC. The molecule has 0 spiro atoms. The van der Waals surface area contributed by atoms with Gasteiger partial charge in [-0.25, -0.2) is 9.37 Å². The number of carbonyl (C=O) groups excluding carboxylic acids is 2. The number of hydrogen-bond acceptors (Lipinski definition) is 9. The van der Waals surface area contributed by atoms with E-state index < -0.39 is 5.41 Å². The summed E-state index contributed by atoms with van der Waals surface area (Å²) < 4.78 is 43.8. The highest BCUT2D eigenvalue weighted by atomic mass is 19.1. The average Bonchev–Trinajstić information content (AvgIpc) is 3.95. The Bertz CT molecular complexity index is 2050. The van der Waals surface area contributed by atoms with Gasteiger partial charge in [0.1, 0.15) is 18.2 Å². The normalized spacial score (nSPS) is 18.0. The maximum absolute atomic E-state index is 14.4. The van der Waals surface area contributed by atoms with Crippen molar-refractivity contribution < 1.29 is 37.3 Å². The standard InChI is InChI=1S/C43H49FN4O7/c1-51-37-25-31(26-38(52-2)40(37)53-3)28-47-21-17-43(42(47)50,27-30-10-12-33(44)13-11-30)16-20-46-18-14-32(15-19-46)39(49)41-45-35-8-4-5-9-36(35)48(41)22-24-54-29-34-7-6-23-55-34/h4-13,23,25-26,32H,14-22,24,27-29H2,1-3H3. The number of nitrogens with zero attached hydrogens (tertiary/aromatic N) is 4. The van der Waals surface area contributed by atoms with Gasteiger partial charge < -0.3 is 37.7 Å². The third-order valence-electron chi connectivity index (χ3n) is 11.2. The van der Waals surface area contributed by atoms with Crippen LogP contribution in [0.5, 0.6) is 17.2 Å². The number of methoxy groups -OCH3 is 3. The molecule has 1 unspecified atom stereocenters. The van der Waals surface area contributed by atoms with Crippen molar-refractivity contribution in [1.82, 2.24) is 19.4 Å². The minimum atomic E-state index is -0.644. The number of likely N-dealkylation sites (tertiary alicyclic amines) is 2. The smallest absolute Gasteiger partial charge is 0.229 e. The van der Waals surface area contributed by atoms with Gasteiger partial charge in [0.15, 0.2) is 17.3 Å². The monoisotopic (exact) mass is 752 g/mol. The number of ketones is 1. The van der Waals surface area contributed by atoms with E-state index in [1.807, 2.05) is 58.0 Å². The number of amides is 1. The van der Waals surface area contributed by atoms with Crippen molar-refractivity contribution in [2.75, 3.05) is 54.1 Å². The van der Waals surface area contributed by atoms with Gasteiger partial charge in [-0.1, -0.05) is 24.3 Å². The summed E-state index contributed by atoms with van der Waals surface area (Å²) >= 11 is 0. The molecule has 2 aromatic heterocycles. The van der Waals surface area contributed by atoms with Gasteiger partial charge in [-0.3, -0.25) is 9.59 Å². The zero-order valence-electron chi connectivity index (χ0n) is 31.8. The van der Waals surface area contributed by atoms with E-state index in [0.717, 1.165) is 47.6 Å². The van der Waals surface area contributed by atoms with Crippen molar-refractivity contribution in [3.05, 3.63) is 108 Å². The van der Waals surface area contributed by atoms with Crippen molar-refractivity contribution in [2.45, 2.75) is 51.8 Å². The highest BCUT2D eigenvalue weighted by Gasteiger charge is 2.46.